The molecule has 29 heteroatoms. The first-order chi connectivity index (χ1) is 58.1. The van der Waals surface area contributed by atoms with E-state index in [1.54, 1.807) is 116 Å². The van der Waals surface area contributed by atoms with Gasteiger partial charge in [-0.05, 0) is 185 Å². The largest absolute Gasteiger partial charge is 0.360 e. The third-order valence-electron chi connectivity index (χ3n) is 18.2. The van der Waals surface area contributed by atoms with Crippen LogP contribution in [0.2, 0.25) is 5.02 Å². The summed E-state index contributed by atoms with van der Waals surface area (Å²) in [5.74, 6) is 0.172. The highest BCUT2D eigenvalue weighted by atomic mass is 35.5. The van der Waals surface area contributed by atoms with E-state index in [4.69, 9.17) is 16.6 Å². The molecule has 0 fully saturated rings. The van der Waals surface area contributed by atoms with Gasteiger partial charge in [0.05, 0.1) is 50.6 Å². The van der Waals surface area contributed by atoms with E-state index in [1.165, 1.54) is 54.9 Å². The normalized spacial score (nSPS) is 11.2. The molecule has 4 amide bonds. The summed E-state index contributed by atoms with van der Waals surface area (Å²) in [6.45, 7) is 4.78. The number of nitrogens with one attached hydrogen (secondary N) is 10. The molecule has 598 valence electrons. The van der Waals surface area contributed by atoms with Crippen molar-refractivity contribution in [2.24, 2.45) is 0 Å². The Hall–Kier alpha value is -15.4. The lowest BCUT2D eigenvalue weighted by Crippen LogP contribution is -2.14. The van der Waals surface area contributed by atoms with E-state index < -0.39 is 10.0 Å². The predicted octanol–water partition coefficient (Wildman–Crippen LogP) is 16.6. The third-order valence-corrected chi connectivity index (χ3v) is 19.9. The van der Waals surface area contributed by atoms with Crippen molar-refractivity contribution in [3.63, 3.8) is 0 Å². The second-order valence-corrected chi connectivity index (χ2v) is 29.8. The summed E-state index contributed by atoms with van der Waals surface area (Å²) in [6.07, 6.45) is 20.6. The molecule has 0 saturated carbocycles. The minimum absolute atomic E-state index is 0.0476. The van der Waals surface area contributed by atoms with Crippen molar-refractivity contribution in [1.29, 1.82) is 5.26 Å². The van der Waals surface area contributed by atoms with Gasteiger partial charge in [0.1, 0.15) is 17.5 Å². The second kappa shape index (κ2) is 38.8. The summed E-state index contributed by atoms with van der Waals surface area (Å²) in [7, 11) is 3.75. The summed E-state index contributed by atoms with van der Waals surface area (Å²) in [5.41, 5.74) is 14.2. The minimum Gasteiger partial charge on any atom is -0.360 e. The topological polar surface area (TPSA) is 372 Å². The average Bonchev–Trinajstić information content (AvgIpc) is 1.64. The van der Waals surface area contributed by atoms with Crippen LogP contribution in [-0.4, -0.2) is 139 Å². The van der Waals surface area contributed by atoms with Crippen LogP contribution < -0.4 is 36.6 Å². The highest BCUT2D eigenvalue weighted by Gasteiger charge is 2.20. The van der Waals surface area contributed by atoms with Crippen LogP contribution in [0, 0.1) is 11.3 Å². The molecule has 0 aliphatic heterocycles. The molecule has 10 N–H and O–H groups in total. The number of likely N-dealkylation sites (N-methyl/N-ethyl adjacent to an activating group) is 2. The number of amides is 4. The molecule has 0 bridgehead atoms. The number of benzene rings is 8. The number of carbonyl (C=O) groups excluding carboxylic acids is 5. The molecule has 15 rings (SSSR count). The summed E-state index contributed by atoms with van der Waals surface area (Å²) >= 11 is 6.44. The van der Waals surface area contributed by atoms with Crippen molar-refractivity contribution in [2.75, 3.05) is 77.9 Å². The van der Waals surface area contributed by atoms with E-state index in [1.807, 2.05) is 154 Å². The van der Waals surface area contributed by atoms with Gasteiger partial charge in [0.15, 0.2) is 5.78 Å². The first-order valence-electron chi connectivity index (χ1n) is 37.5. The molecule has 0 unspecified atom stereocenters. The number of carbonyl (C=O) groups is 5. The van der Waals surface area contributed by atoms with Crippen molar-refractivity contribution in [2.45, 2.75) is 17.7 Å². The van der Waals surface area contributed by atoms with Crippen LogP contribution >= 0.6 is 11.6 Å². The lowest BCUT2D eigenvalue weighted by atomic mass is 10.1. The molecular weight excluding hydrogens is 1550 g/mol. The number of nitrogens with zero attached hydrogens (tertiary/aromatic N) is 10. The lowest BCUT2D eigenvalue weighted by Gasteiger charge is -2.12. The maximum atomic E-state index is 13.1. The fraction of sp³-hybridized carbons (Fsp3) is 0.0879. The number of nitriles is 1. The Kier molecular flexibility index (Phi) is 26.7. The van der Waals surface area contributed by atoms with Crippen molar-refractivity contribution < 1.29 is 32.4 Å². The van der Waals surface area contributed by atoms with Gasteiger partial charge in [-0.1, -0.05) is 103 Å². The molecule has 120 heavy (non-hydrogen) atoms. The second-order valence-electron chi connectivity index (χ2n) is 27.7. The number of allylic oxidation sites excluding steroid dienone is 1. The Balaban J connectivity index is 0.000000156. The van der Waals surface area contributed by atoms with Gasteiger partial charge < -0.3 is 56.7 Å². The van der Waals surface area contributed by atoms with Gasteiger partial charge in [0.25, 0.3) is 21.8 Å². The number of hydrogen-bond acceptors (Lipinski definition) is 19. The number of hydrogen-bond donors (Lipinski definition) is 10. The smallest absolute Gasteiger partial charge is 0.261 e. The van der Waals surface area contributed by atoms with E-state index >= 15 is 0 Å². The van der Waals surface area contributed by atoms with Crippen LogP contribution in [0.1, 0.15) is 43.2 Å². The molecule has 27 nitrogen and oxygen atoms in total. The molecule has 0 radical (unpaired) electrons. The summed E-state index contributed by atoms with van der Waals surface area (Å²) < 4.78 is 28.7. The number of halogens is 1. The minimum atomic E-state index is -3.90. The molecule has 0 saturated heterocycles. The predicted molar refractivity (Wildman–Crippen MR) is 472 cm³/mol. The Morgan fingerprint density at radius 3 is 1.68 bits per heavy atom. The number of fused-ring (bicyclic) bond motifs is 3. The maximum Gasteiger partial charge on any atom is 0.261 e. The summed E-state index contributed by atoms with van der Waals surface area (Å²) in [4.78, 5) is 106. The number of H-pyrrole nitrogens is 3. The van der Waals surface area contributed by atoms with Crippen LogP contribution in [0.5, 0.6) is 0 Å². The SMILES string of the molecule is C=CC(=O)Cc1ccc(C(=O)Nc2cccc(Cc3nccc(-c4cnc5[nH]ccc5c4)n3)c2)cc1.CN(C)C/C=C/C(=O)Nc1ccc(C(=O)Nc2cccc(Nc3ncc(C#N)c(-c4c[nH]c5ccccc45)n3)c2)cc1.CN(C)C/C=C/C(=O)Nc1ccc(S(=O)(=O)Nc2cccc(Nc3ncc(Cl)c(-c4c[nH]c5ccccc45)n3)c2)cc1. The molecule has 15 aromatic rings. The van der Waals surface area contributed by atoms with Crippen LogP contribution in [0.3, 0.4) is 0 Å². The monoisotopic (exact) mass is 1630 g/mol. The number of sulfonamides is 1. The number of aromatic nitrogens is 10. The molecule has 7 heterocycles. The van der Waals surface area contributed by atoms with Gasteiger partial charge in [-0.25, -0.2) is 43.3 Å². The number of rotatable bonds is 27. The van der Waals surface area contributed by atoms with Crippen LogP contribution in [-0.2, 0) is 37.2 Å². The van der Waals surface area contributed by atoms with Gasteiger partial charge in [-0.3, -0.25) is 28.7 Å². The molecule has 7 aromatic heterocycles. The molecule has 0 aliphatic carbocycles. The number of anilines is 9. The van der Waals surface area contributed by atoms with Gasteiger partial charge in [0, 0.05) is 158 Å². The van der Waals surface area contributed by atoms with Crippen molar-refractivity contribution in [3.8, 4) is 39.8 Å². The third kappa shape index (κ3) is 22.2. The highest BCUT2D eigenvalue weighted by molar-refractivity contribution is 7.92. The maximum absolute atomic E-state index is 13.1. The number of aromatic amines is 3. The number of pyridine rings is 1. The van der Waals surface area contributed by atoms with Crippen molar-refractivity contribution >= 4 is 136 Å². The van der Waals surface area contributed by atoms with E-state index in [-0.39, 0.29) is 40.7 Å². The lowest BCUT2D eigenvalue weighted by molar-refractivity contribution is -0.114. The quantitative estimate of drug-likeness (QED) is 0.0214. The zero-order valence-electron chi connectivity index (χ0n) is 65.3. The molecule has 8 aromatic carbocycles. The first-order valence-corrected chi connectivity index (χ1v) is 39.4. The Bertz CT molecular complexity index is 6500. The van der Waals surface area contributed by atoms with Gasteiger partial charge in [-0.2, -0.15) is 5.26 Å². The molecular formula is C91H79ClN20O7S. The Morgan fingerprint density at radius 2 is 1.07 bits per heavy atom. The molecule has 0 atom stereocenters. The van der Waals surface area contributed by atoms with Crippen LogP contribution in [0.4, 0.5) is 51.7 Å². The standard InChI is InChI=1S/C32H28N8O2.C30H28ClN7O3S.C29H23N5O2/c1-40(2)16-6-11-29(41)36-23-14-12-21(13-15-23)31(42)37-24-7-5-8-25(17-24)38-32-35-19-22(18-33)30(39-32)27-20-34-28-10-4-3-9-26(27)28;1-38(2)16-6-11-28(39)34-20-12-14-23(15-13-20)42(40,41)37-22-8-5-7-21(17-22)35-30-33-19-26(31)29(36-30)25-18-32-27-10-4-3-9-24(25)27;1-2-25(35)15-19-6-8-21(9-7-19)29(36)33-24-5-3-4-20(14-24)16-27-30-13-11-26(34-27)23-17-22-10-12-31-28(22)32-18-23/h3-15,17,19-20,34H,16H2,1-2H3,(H,36,41)(H,37,42)(H,35,38,39);3-15,17-19,32,37H,16H2,1-2H3,(H,34,39)(H,33,35,36);2-14,17-18H,1,15-16H2,(H,31,32)(H,33,36)/b2*11-6+;. The zero-order valence-corrected chi connectivity index (χ0v) is 66.9. The molecule has 0 spiro atoms. The van der Waals surface area contributed by atoms with E-state index in [2.05, 4.69) is 94.1 Å². The Morgan fingerprint density at radius 1 is 0.525 bits per heavy atom. The van der Waals surface area contributed by atoms with Crippen molar-refractivity contribution in [1.82, 2.24) is 59.6 Å². The molecule has 0 aliphatic rings. The van der Waals surface area contributed by atoms with Crippen LogP contribution in [0.25, 0.3) is 66.6 Å². The highest BCUT2D eigenvalue weighted by Crippen LogP contribution is 2.35. The van der Waals surface area contributed by atoms with E-state index in [0.29, 0.717) is 110 Å². The Labute approximate surface area is 695 Å². The van der Waals surface area contributed by atoms with Crippen LogP contribution in [0.15, 0.2) is 298 Å². The van der Waals surface area contributed by atoms with Gasteiger partial charge in [-0.15, -0.1) is 0 Å². The van der Waals surface area contributed by atoms with E-state index in [0.717, 1.165) is 66.4 Å². The fourth-order valence-electron chi connectivity index (χ4n) is 12.3. The van der Waals surface area contributed by atoms with Crippen molar-refractivity contribution in [3.05, 3.63) is 331 Å². The summed E-state index contributed by atoms with van der Waals surface area (Å²) in [6, 6.07) is 64.8. The fourth-order valence-corrected chi connectivity index (χ4v) is 13.6. The van der Waals surface area contributed by atoms with E-state index in [9.17, 15) is 37.7 Å². The zero-order chi connectivity index (χ0) is 84.1. The van der Waals surface area contributed by atoms with Gasteiger partial charge >= 0.3 is 0 Å². The number of para-hydroxylation sites is 2. The first kappa shape index (κ1) is 82.6. The summed E-state index contributed by atoms with van der Waals surface area (Å²) in [5, 5.41) is 30.6. The number of ketones is 1. The average molecular weight is 1630 g/mol. The van der Waals surface area contributed by atoms with Gasteiger partial charge in [0.2, 0.25) is 23.7 Å².